The zero-order chi connectivity index (χ0) is 13.0. The summed E-state index contributed by atoms with van der Waals surface area (Å²) in [6.45, 7) is 0.652. The summed E-state index contributed by atoms with van der Waals surface area (Å²) in [6, 6.07) is 5.17. The van der Waals surface area contributed by atoms with Crippen LogP contribution in [0.1, 0.15) is 36.0 Å². The number of benzene rings is 1. The third kappa shape index (κ3) is 2.75. The Balaban J connectivity index is 1.96. The molecule has 1 aromatic rings. The second kappa shape index (κ2) is 5.76. The molecule has 0 spiro atoms. The zero-order valence-corrected chi connectivity index (χ0v) is 10.6. The Kier molecular flexibility index (Phi) is 4.07. The number of methoxy groups -OCH3 is 1. The smallest absolute Gasteiger partial charge is 0.340 e. The molecule has 0 aromatic heterocycles. The zero-order valence-electron chi connectivity index (χ0n) is 10.6. The monoisotopic (exact) mass is 249 g/mol. The van der Waals surface area contributed by atoms with Gasteiger partial charge < -0.3 is 15.2 Å². The predicted octanol–water partition coefficient (Wildman–Crippen LogP) is 2.62. The SMILES string of the molecule is COC(=O)c1cccc(OCCC2CCC2)c1N. The van der Waals surface area contributed by atoms with Gasteiger partial charge >= 0.3 is 5.97 Å². The fourth-order valence-electron chi connectivity index (χ4n) is 2.07. The van der Waals surface area contributed by atoms with Crippen LogP contribution in [0.4, 0.5) is 5.69 Å². The van der Waals surface area contributed by atoms with E-state index in [1.165, 1.54) is 26.4 Å². The number of nitrogen functional groups attached to an aromatic ring is 1. The number of rotatable bonds is 5. The molecule has 98 valence electrons. The highest BCUT2D eigenvalue weighted by atomic mass is 16.5. The third-order valence-corrected chi connectivity index (χ3v) is 3.48. The highest BCUT2D eigenvalue weighted by Crippen LogP contribution is 2.30. The first kappa shape index (κ1) is 12.7. The Bertz CT molecular complexity index is 427. The van der Waals surface area contributed by atoms with Crippen LogP contribution >= 0.6 is 0 Å². The first-order chi connectivity index (χ1) is 8.72. The van der Waals surface area contributed by atoms with Crippen molar-refractivity contribution in [3.63, 3.8) is 0 Å². The summed E-state index contributed by atoms with van der Waals surface area (Å²) in [5.74, 6) is 0.934. The number of hydrogen-bond donors (Lipinski definition) is 1. The van der Waals surface area contributed by atoms with Crippen molar-refractivity contribution in [2.75, 3.05) is 19.5 Å². The first-order valence-electron chi connectivity index (χ1n) is 6.32. The molecule has 0 atom stereocenters. The number of carbonyl (C=O) groups is 1. The molecule has 2 N–H and O–H groups in total. The molecule has 1 aliphatic carbocycles. The van der Waals surface area contributed by atoms with Gasteiger partial charge in [0.15, 0.2) is 0 Å². The van der Waals surface area contributed by atoms with Crippen molar-refractivity contribution in [1.29, 1.82) is 0 Å². The summed E-state index contributed by atoms with van der Waals surface area (Å²) in [5.41, 5.74) is 6.62. The molecule has 0 heterocycles. The molecule has 1 fully saturated rings. The summed E-state index contributed by atoms with van der Waals surface area (Å²) < 4.78 is 10.3. The Morgan fingerprint density at radius 2 is 2.22 bits per heavy atom. The Labute approximate surface area is 107 Å². The molecule has 0 radical (unpaired) electrons. The molecule has 2 rings (SSSR count). The van der Waals surface area contributed by atoms with Crippen LogP contribution in [-0.4, -0.2) is 19.7 Å². The molecule has 18 heavy (non-hydrogen) atoms. The molecule has 4 heteroatoms. The summed E-state index contributed by atoms with van der Waals surface area (Å²) in [5, 5.41) is 0. The minimum Gasteiger partial charge on any atom is -0.491 e. The maximum Gasteiger partial charge on any atom is 0.340 e. The van der Waals surface area contributed by atoms with E-state index in [1.807, 2.05) is 0 Å². The lowest BCUT2D eigenvalue weighted by atomic mass is 9.83. The maximum atomic E-state index is 11.5. The van der Waals surface area contributed by atoms with Gasteiger partial charge in [-0.15, -0.1) is 0 Å². The highest BCUT2D eigenvalue weighted by Gasteiger charge is 2.18. The maximum absolute atomic E-state index is 11.5. The van der Waals surface area contributed by atoms with Crippen LogP contribution < -0.4 is 10.5 Å². The van der Waals surface area contributed by atoms with E-state index in [1.54, 1.807) is 18.2 Å². The minimum absolute atomic E-state index is 0.359. The quantitative estimate of drug-likeness (QED) is 0.643. The van der Waals surface area contributed by atoms with Gasteiger partial charge in [-0.1, -0.05) is 25.3 Å². The second-order valence-corrected chi connectivity index (χ2v) is 4.64. The summed E-state index contributed by atoms with van der Waals surface area (Å²) in [7, 11) is 1.34. The van der Waals surface area contributed by atoms with E-state index in [2.05, 4.69) is 4.74 Å². The number of ether oxygens (including phenoxy) is 2. The van der Waals surface area contributed by atoms with Crippen LogP contribution in [0.15, 0.2) is 18.2 Å². The highest BCUT2D eigenvalue weighted by molar-refractivity contribution is 5.96. The van der Waals surface area contributed by atoms with Crippen LogP contribution in [-0.2, 0) is 4.74 Å². The van der Waals surface area contributed by atoms with Gasteiger partial charge in [0.05, 0.1) is 25.0 Å². The fourth-order valence-corrected chi connectivity index (χ4v) is 2.07. The number of anilines is 1. The average molecular weight is 249 g/mol. The molecule has 4 nitrogen and oxygen atoms in total. The van der Waals surface area contributed by atoms with Crippen molar-refractivity contribution < 1.29 is 14.3 Å². The van der Waals surface area contributed by atoms with Crippen LogP contribution in [0.25, 0.3) is 0 Å². The van der Waals surface area contributed by atoms with E-state index in [9.17, 15) is 4.79 Å². The summed E-state index contributed by atoms with van der Waals surface area (Å²) >= 11 is 0. The second-order valence-electron chi connectivity index (χ2n) is 4.64. The predicted molar refractivity (Wildman–Crippen MR) is 69.6 cm³/mol. The number of esters is 1. The van der Waals surface area contributed by atoms with Gasteiger partial charge in [-0.25, -0.2) is 4.79 Å². The van der Waals surface area contributed by atoms with Crippen LogP contribution in [0.5, 0.6) is 5.75 Å². The van der Waals surface area contributed by atoms with Crippen molar-refractivity contribution in [2.24, 2.45) is 5.92 Å². The lowest BCUT2D eigenvalue weighted by Gasteiger charge is -2.25. The van der Waals surface area contributed by atoms with E-state index in [0.29, 0.717) is 23.6 Å². The van der Waals surface area contributed by atoms with Crippen molar-refractivity contribution >= 4 is 11.7 Å². The van der Waals surface area contributed by atoms with Gasteiger partial charge in [0, 0.05) is 0 Å². The molecular weight excluding hydrogens is 230 g/mol. The van der Waals surface area contributed by atoms with Gasteiger partial charge in [0.2, 0.25) is 0 Å². The van der Waals surface area contributed by atoms with E-state index >= 15 is 0 Å². The van der Waals surface area contributed by atoms with E-state index in [4.69, 9.17) is 10.5 Å². The molecule has 0 bridgehead atoms. The number of hydrogen-bond acceptors (Lipinski definition) is 4. The Hall–Kier alpha value is -1.71. The fraction of sp³-hybridized carbons (Fsp3) is 0.500. The van der Waals surface area contributed by atoms with Gasteiger partial charge in [0.25, 0.3) is 0 Å². The first-order valence-corrected chi connectivity index (χ1v) is 6.32. The molecule has 0 unspecified atom stereocenters. The minimum atomic E-state index is -0.433. The van der Waals surface area contributed by atoms with Gasteiger partial charge in [-0.2, -0.15) is 0 Å². The Morgan fingerprint density at radius 3 is 2.83 bits per heavy atom. The Morgan fingerprint density at radius 1 is 1.44 bits per heavy atom. The summed E-state index contributed by atoms with van der Waals surface area (Å²) in [6.07, 6.45) is 5.01. The third-order valence-electron chi connectivity index (χ3n) is 3.48. The molecule has 0 amide bonds. The lowest BCUT2D eigenvalue weighted by molar-refractivity contribution is 0.0601. The normalized spacial score (nSPS) is 14.9. The number of carbonyl (C=O) groups excluding carboxylic acids is 1. The molecule has 1 saturated carbocycles. The largest absolute Gasteiger partial charge is 0.491 e. The van der Waals surface area contributed by atoms with Crippen molar-refractivity contribution in [3.8, 4) is 5.75 Å². The molecule has 0 aliphatic heterocycles. The summed E-state index contributed by atoms with van der Waals surface area (Å²) in [4.78, 5) is 11.5. The standard InChI is InChI=1S/C14H19NO3/c1-17-14(16)11-6-3-7-12(13(11)15)18-9-8-10-4-2-5-10/h3,6-7,10H,2,4-5,8-9,15H2,1H3. The lowest BCUT2D eigenvalue weighted by Crippen LogP contribution is -2.15. The van der Waals surface area contributed by atoms with E-state index in [0.717, 1.165) is 12.3 Å². The van der Waals surface area contributed by atoms with Gasteiger partial charge in [-0.3, -0.25) is 0 Å². The number of para-hydroxylation sites is 1. The average Bonchev–Trinajstić information content (AvgIpc) is 2.33. The van der Waals surface area contributed by atoms with Crippen LogP contribution in [0, 0.1) is 5.92 Å². The number of nitrogens with two attached hydrogens (primary N) is 1. The van der Waals surface area contributed by atoms with Gasteiger partial charge in [-0.05, 0) is 24.5 Å². The van der Waals surface area contributed by atoms with E-state index in [-0.39, 0.29) is 0 Å². The van der Waals surface area contributed by atoms with Crippen molar-refractivity contribution in [2.45, 2.75) is 25.7 Å². The van der Waals surface area contributed by atoms with Crippen LogP contribution in [0.2, 0.25) is 0 Å². The topological polar surface area (TPSA) is 61.5 Å². The molecule has 1 aromatic carbocycles. The van der Waals surface area contributed by atoms with Gasteiger partial charge in [0.1, 0.15) is 5.75 Å². The van der Waals surface area contributed by atoms with E-state index < -0.39 is 5.97 Å². The van der Waals surface area contributed by atoms with Crippen molar-refractivity contribution in [1.82, 2.24) is 0 Å². The molecule has 0 saturated heterocycles. The van der Waals surface area contributed by atoms with Crippen LogP contribution in [0.3, 0.4) is 0 Å². The molecular formula is C14H19NO3. The molecule has 1 aliphatic rings. The van der Waals surface area contributed by atoms with Crippen molar-refractivity contribution in [3.05, 3.63) is 23.8 Å².